The Balaban J connectivity index is 3.57. The minimum Gasteiger partial charge on any atom is -0.477 e. The van der Waals surface area contributed by atoms with Crippen LogP contribution in [0.2, 0.25) is 0 Å². The highest BCUT2D eigenvalue weighted by Crippen LogP contribution is 2.13. The summed E-state index contributed by atoms with van der Waals surface area (Å²) in [7, 11) is -3.64. The first kappa shape index (κ1) is 11.4. The normalized spacial score (nSPS) is 11.3. The predicted octanol–water partition coefficient (Wildman–Crippen LogP) is -0.133. The third-order valence-corrected chi connectivity index (χ3v) is 3.58. The molecule has 0 spiro atoms. The molecule has 0 aliphatic carbocycles. The standard InChI is InChI=1S/C8H9NO5S/c1-2-15(13,14)5-3-4-6(10)9-7(5)8(11)12/h3-4H,2H2,1H3,(H,9,10)(H,11,12). The summed E-state index contributed by atoms with van der Waals surface area (Å²) in [6, 6.07) is 1.98. The van der Waals surface area contributed by atoms with Crippen LogP contribution in [-0.2, 0) is 9.84 Å². The first-order valence-electron chi connectivity index (χ1n) is 4.08. The second-order valence-electron chi connectivity index (χ2n) is 2.77. The summed E-state index contributed by atoms with van der Waals surface area (Å²) in [5, 5.41) is 8.71. The largest absolute Gasteiger partial charge is 0.477 e. The van der Waals surface area contributed by atoms with Crippen molar-refractivity contribution in [2.24, 2.45) is 0 Å². The van der Waals surface area contributed by atoms with E-state index in [1.54, 1.807) is 0 Å². The SMILES string of the molecule is CCS(=O)(=O)c1ccc(=O)[nH]c1C(=O)O. The van der Waals surface area contributed by atoms with Gasteiger partial charge in [0, 0.05) is 6.07 Å². The predicted molar refractivity (Wildman–Crippen MR) is 51.7 cm³/mol. The number of sulfone groups is 1. The fourth-order valence-corrected chi connectivity index (χ4v) is 2.07. The van der Waals surface area contributed by atoms with Gasteiger partial charge >= 0.3 is 5.97 Å². The van der Waals surface area contributed by atoms with Crippen LogP contribution in [0.15, 0.2) is 21.8 Å². The molecule has 0 bridgehead atoms. The summed E-state index contributed by atoms with van der Waals surface area (Å²) in [6.45, 7) is 1.39. The van der Waals surface area contributed by atoms with Gasteiger partial charge in [0.1, 0.15) is 5.69 Å². The Bertz CT molecular complexity index is 542. The van der Waals surface area contributed by atoms with Crippen LogP contribution in [0, 0.1) is 0 Å². The molecule has 0 unspecified atom stereocenters. The molecule has 0 aromatic carbocycles. The summed E-state index contributed by atoms with van der Waals surface area (Å²) < 4.78 is 22.9. The van der Waals surface area contributed by atoms with E-state index in [2.05, 4.69) is 0 Å². The zero-order valence-electron chi connectivity index (χ0n) is 7.85. The van der Waals surface area contributed by atoms with Crippen molar-refractivity contribution in [1.29, 1.82) is 0 Å². The number of aromatic carboxylic acids is 1. The van der Waals surface area contributed by atoms with Crippen LogP contribution in [0.25, 0.3) is 0 Å². The Hall–Kier alpha value is -1.63. The van der Waals surface area contributed by atoms with Crippen molar-refractivity contribution >= 4 is 15.8 Å². The van der Waals surface area contributed by atoms with E-state index in [9.17, 15) is 18.0 Å². The second kappa shape index (κ2) is 3.85. The van der Waals surface area contributed by atoms with E-state index in [1.807, 2.05) is 4.98 Å². The molecule has 0 saturated carbocycles. The van der Waals surface area contributed by atoms with Gasteiger partial charge in [-0.25, -0.2) is 13.2 Å². The van der Waals surface area contributed by atoms with Gasteiger partial charge in [-0.3, -0.25) is 4.79 Å². The molecular formula is C8H9NO5S. The summed E-state index contributed by atoms with van der Waals surface area (Å²) in [4.78, 5) is 23.2. The lowest BCUT2D eigenvalue weighted by atomic mass is 10.3. The lowest BCUT2D eigenvalue weighted by Crippen LogP contribution is -2.18. The topological polar surface area (TPSA) is 104 Å². The van der Waals surface area contributed by atoms with E-state index in [-0.39, 0.29) is 10.6 Å². The van der Waals surface area contributed by atoms with Crippen molar-refractivity contribution in [1.82, 2.24) is 4.98 Å². The van der Waals surface area contributed by atoms with E-state index < -0.39 is 27.1 Å². The molecule has 0 amide bonds. The van der Waals surface area contributed by atoms with Crippen LogP contribution in [0.3, 0.4) is 0 Å². The molecule has 0 aliphatic heterocycles. The quantitative estimate of drug-likeness (QED) is 0.753. The van der Waals surface area contributed by atoms with Crippen molar-refractivity contribution in [2.45, 2.75) is 11.8 Å². The molecule has 6 nitrogen and oxygen atoms in total. The maximum Gasteiger partial charge on any atom is 0.353 e. The fraction of sp³-hybridized carbons (Fsp3) is 0.250. The van der Waals surface area contributed by atoms with E-state index in [4.69, 9.17) is 5.11 Å². The molecule has 2 N–H and O–H groups in total. The van der Waals surface area contributed by atoms with Gasteiger partial charge in [0.2, 0.25) is 5.56 Å². The lowest BCUT2D eigenvalue weighted by molar-refractivity contribution is 0.0685. The van der Waals surface area contributed by atoms with Crippen LogP contribution in [0.4, 0.5) is 0 Å². The van der Waals surface area contributed by atoms with Crippen LogP contribution < -0.4 is 5.56 Å². The average molecular weight is 231 g/mol. The monoisotopic (exact) mass is 231 g/mol. The zero-order chi connectivity index (χ0) is 11.6. The number of aromatic nitrogens is 1. The number of carboxylic acid groups (broad SMARTS) is 1. The highest BCUT2D eigenvalue weighted by atomic mass is 32.2. The van der Waals surface area contributed by atoms with Gasteiger partial charge in [-0.15, -0.1) is 0 Å². The average Bonchev–Trinajstić information content (AvgIpc) is 2.17. The molecule has 1 aromatic rings. The van der Waals surface area contributed by atoms with Crippen molar-refractivity contribution < 1.29 is 18.3 Å². The van der Waals surface area contributed by atoms with Gasteiger partial charge in [-0.1, -0.05) is 6.92 Å². The molecule has 0 saturated heterocycles. The molecule has 0 aliphatic rings. The molecule has 1 rings (SSSR count). The number of carboxylic acids is 1. The first-order chi connectivity index (χ1) is 6.88. The molecular weight excluding hydrogens is 222 g/mol. The van der Waals surface area contributed by atoms with Gasteiger partial charge in [-0.05, 0) is 6.07 Å². The maximum atomic E-state index is 11.5. The Morgan fingerprint density at radius 2 is 2.07 bits per heavy atom. The van der Waals surface area contributed by atoms with Gasteiger partial charge < -0.3 is 10.1 Å². The number of carbonyl (C=O) groups is 1. The molecule has 0 fully saturated rings. The molecule has 7 heteroatoms. The number of aromatic amines is 1. The van der Waals surface area contributed by atoms with Crippen molar-refractivity contribution in [3.63, 3.8) is 0 Å². The van der Waals surface area contributed by atoms with Crippen LogP contribution in [0.1, 0.15) is 17.4 Å². The van der Waals surface area contributed by atoms with Gasteiger partial charge in [0.25, 0.3) is 0 Å². The van der Waals surface area contributed by atoms with Crippen molar-refractivity contribution in [3.8, 4) is 0 Å². The Morgan fingerprint density at radius 1 is 1.47 bits per heavy atom. The van der Waals surface area contributed by atoms with Gasteiger partial charge in [-0.2, -0.15) is 0 Å². The molecule has 82 valence electrons. The number of H-pyrrole nitrogens is 1. The molecule has 1 heterocycles. The summed E-state index contributed by atoms with van der Waals surface area (Å²) in [5.41, 5.74) is -1.24. The number of nitrogens with one attached hydrogen (secondary N) is 1. The lowest BCUT2D eigenvalue weighted by Gasteiger charge is -2.04. The highest BCUT2D eigenvalue weighted by Gasteiger charge is 2.21. The zero-order valence-corrected chi connectivity index (χ0v) is 8.67. The number of hydrogen-bond acceptors (Lipinski definition) is 4. The summed E-state index contributed by atoms with van der Waals surface area (Å²) >= 11 is 0. The number of rotatable bonds is 3. The Labute approximate surface area is 85.5 Å². The molecule has 1 aromatic heterocycles. The van der Waals surface area contributed by atoms with Crippen LogP contribution >= 0.6 is 0 Å². The minimum atomic E-state index is -3.64. The van der Waals surface area contributed by atoms with E-state index >= 15 is 0 Å². The molecule has 0 radical (unpaired) electrons. The third kappa shape index (κ3) is 2.24. The Morgan fingerprint density at radius 3 is 2.53 bits per heavy atom. The van der Waals surface area contributed by atoms with Gasteiger partial charge in [0.15, 0.2) is 9.84 Å². The smallest absolute Gasteiger partial charge is 0.353 e. The number of hydrogen-bond donors (Lipinski definition) is 2. The first-order valence-corrected chi connectivity index (χ1v) is 5.73. The van der Waals surface area contributed by atoms with Crippen LogP contribution in [-0.4, -0.2) is 30.2 Å². The minimum absolute atomic E-state index is 0.223. The summed E-state index contributed by atoms with van der Waals surface area (Å²) in [6.07, 6.45) is 0. The van der Waals surface area contributed by atoms with Gasteiger partial charge in [0.05, 0.1) is 10.6 Å². The van der Waals surface area contributed by atoms with Crippen LogP contribution in [0.5, 0.6) is 0 Å². The van der Waals surface area contributed by atoms with E-state index in [1.165, 1.54) is 6.92 Å². The van der Waals surface area contributed by atoms with Crippen molar-refractivity contribution in [3.05, 3.63) is 28.2 Å². The van der Waals surface area contributed by atoms with E-state index in [0.717, 1.165) is 12.1 Å². The number of pyridine rings is 1. The maximum absolute atomic E-state index is 11.5. The highest BCUT2D eigenvalue weighted by molar-refractivity contribution is 7.91. The van der Waals surface area contributed by atoms with E-state index in [0.29, 0.717) is 0 Å². The van der Waals surface area contributed by atoms with Crippen molar-refractivity contribution in [2.75, 3.05) is 5.75 Å². The summed E-state index contributed by atoms with van der Waals surface area (Å²) in [5.74, 6) is -1.70. The molecule has 0 atom stereocenters. The second-order valence-corrected chi connectivity index (χ2v) is 5.02. The Kier molecular flexibility index (Phi) is 2.94. The third-order valence-electron chi connectivity index (χ3n) is 1.81. The fourth-order valence-electron chi connectivity index (χ4n) is 1.03. The molecule has 15 heavy (non-hydrogen) atoms.